The van der Waals surface area contributed by atoms with Crippen LogP contribution in [-0.2, 0) is 25.5 Å². The third-order valence-corrected chi connectivity index (χ3v) is 4.86. The van der Waals surface area contributed by atoms with Crippen LogP contribution in [0.5, 0.6) is 5.75 Å². The third kappa shape index (κ3) is 2.93. The Morgan fingerprint density at radius 1 is 1.12 bits per heavy atom. The lowest BCUT2D eigenvalue weighted by atomic mass is 10.00. The lowest BCUT2D eigenvalue weighted by Crippen LogP contribution is -2.64. The summed E-state index contributed by atoms with van der Waals surface area (Å²) < 4.78 is 16.1. The number of carbonyl (C=O) groups is 2. The van der Waals surface area contributed by atoms with Crippen molar-refractivity contribution in [2.24, 2.45) is 0 Å². The van der Waals surface area contributed by atoms with Crippen molar-refractivity contribution in [3.05, 3.63) is 54.1 Å². The van der Waals surface area contributed by atoms with E-state index in [-0.39, 0.29) is 0 Å². The highest BCUT2D eigenvalue weighted by Gasteiger charge is 2.52. The minimum atomic E-state index is -1.27. The van der Waals surface area contributed by atoms with Crippen LogP contribution >= 0.6 is 0 Å². The Hall–Kier alpha value is -2.86. The average Bonchev–Trinajstić information content (AvgIpc) is 2.80. The van der Waals surface area contributed by atoms with E-state index < -0.39 is 17.8 Å². The molecule has 2 heterocycles. The Balaban J connectivity index is 1.55. The molecule has 2 aliphatic heterocycles. The van der Waals surface area contributed by atoms with E-state index in [0.717, 1.165) is 34.2 Å². The van der Waals surface area contributed by atoms with Crippen molar-refractivity contribution in [3.8, 4) is 5.75 Å². The Morgan fingerprint density at radius 3 is 2.50 bits per heavy atom. The number of rotatable bonds is 4. The predicted octanol–water partition coefficient (Wildman–Crippen LogP) is 2.41. The Labute approximate surface area is 150 Å². The van der Waals surface area contributed by atoms with E-state index in [4.69, 9.17) is 14.2 Å². The first-order chi connectivity index (χ1) is 12.6. The molecular formula is C20H19NO5. The van der Waals surface area contributed by atoms with Crippen LogP contribution in [0.3, 0.4) is 0 Å². The van der Waals surface area contributed by atoms with Crippen LogP contribution in [0.25, 0.3) is 10.8 Å². The largest absolute Gasteiger partial charge is 0.497 e. The number of carbonyl (C=O) groups excluding carboxylic acids is 2. The maximum atomic E-state index is 11.7. The molecule has 6 heteroatoms. The normalized spacial score (nSPS) is 19.0. The number of ether oxygens (including phenoxy) is 3. The lowest BCUT2D eigenvalue weighted by molar-refractivity contribution is -0.325. The van der Waals surface area contributed by atoms with Gasteiger partial charge in [0, 0.05) is 25.2 Å². The molecule has 0 N–H and O–H groups in total. The number of benzene rings is 2. The molecule has 1 fully saturated rings. The summed E-state index contributed by atoms with van der Waals surface area (Å²) in [4.78, 5) is 25.3. The second kappa shape index (κ2) is 6.46. The van der Waals surface area contributed by atoms with Crippen LogP contribution in [0.4, 0.5) is 0 Å². The van der Waals surface area contributed by atoms with E-state index >= 15 is 0 Å². The van der Waals surface area contributed by atoms with Crippen LogP contribution in [0.1, 0.15) is 12.0 Å². The fraction of sp³-hybridized carbons (Fsp3) is 0.300. The molecule has 1 saturated heterocycles. The summed E-state index contributed by atoms with van der Waals surface area (Å²) in [7, 11) is 1.65. The van der Waals surface area contributed by atoms with Gasteiger partial charge in [-0.2, -0.15) is 0 Å². The molecule has 6 nitrogen and oxygen atoms in total. The van der Waals surface area contributed by atoms with Gasteiger partial charge in [0.1, 0.15) is 5.75 Å². The van der Waals surface area contributed by atoms with E-state index in [0.29, 0.717) is 25.9 Å². The molecule has 2 aromatic carbocycles. The van der Waals surface area contributed by atoms with Gasteiger partial charge in [-0.1, -0.05) is 24.3 Å². The van der Waals surface area contributed by atoms with Crippen molar-refractivity contribution >= 4 is 22.7 Å². The summed E-state index contributed by atoms with van der Waals surface area (Å²) in [6.07, 6.45) is 3.39. The third-order valence-electron chi connectivity index (χ3n) is 4.86. The van der Waals surface area contributed by atoms with Gasteiger partial charge in [0.2, 0.25) is 0 Å². The van der Waals surface area contributed by atoms with Crippen LogP contribution in [-0.4, -0.2) is 42.9 Å². The van der Waals surface area contributed by atoms with Crippen molar-refractivity contribution in [3.63, 3.8) is 0 Å². The zero-order chi connectivity index (χ0) is 18.1. The summed E-state index contributed by atoms with van der Waals surface area (Å²) in [5.41, 5.74) is 1.13. The monoisotopic (exact) mass is 353 g/mol. The average molecular weight is 353 g/mol. The molecule has 2 aliphatic rings. The van der Waals surface area contributed by atoms with E-state index in [1.807, 2.05) is 35.2 Å². The molecule has 26 heavy (non-hydrogen) atoms. The summed E-state index contributed by atoms with van der Waals surface area (Å²) in [5.74, 6) is -1.60. The number of esters is 2. The van der Waals surface area contributed by atoms with Crippen molar-refractivity contribution in [1.29, 1.82) is 0 Å². The summed E-state index contributed by atoms with van der Waals surface area (Å²) in [5, 5.41) is 2.26. The lowest BCUT2D eigenvalue weighted by Gasteiger charge is -2.48. The number of hydrogen-bond acceptors (Lipinski definition) is 6. The van der Waals surface area contributed by atoms with Crippen molar-refractivity contribution < 1.29 is 23.8 Å². The molecule has 2 aromatic rings. The molecular weight excluding hydrogens is 334 g/mol. The van der Waals surface area contributed by atoms with Crippen molar-refractivity contribution in [1.82, 2.24) is 4.90 Å². The minimum absolute atomic E-state index is 0.477. The Bertz CT molecular complexity index is 884. The summed E-state index contributed by atoms with van der Waals surface area (Å²) >= 11 is 0. The van der Waals surface area contributed by atoms with Gasteiger partial charge >= 0.3 is 17.8 Å². The van der Waals surface area contributed by atoms with E-state index in [1.165, 1.54) is 0 Å². The smallest absolute Gasteiger partial charge is 0.335 e. The number of likely N-dealkylation sites (tertiary alicyclic amines) is 1. The van der Waals surface area contributed by atoms with E-state index in [9.17, 15) is 9.59 Å². The molecule has 0 amide bonds. The quantitative estimate of drug-likeness (QED) is 0.787. The van der Waals surface area contributed by atoms with Gasteiger partial charge in [0.05, 0.1) is 13.5 Å². The van der Waals surface area contributed by atoms with Gasteiger partial charge in [-0.25, -0.2) is 14.5 Å². The standard InChI is InChI=1S/C20H19NO5/c1-24-16-12-14-4-2-3-5-17(14)15(13-16)8-10-21-11-9-20(21)25-18(22)6-7-19(23)26-20/h2-7,12-13H,8-11H2,1H3. The van der Waals surface area contributed by atoms with Gasteiger partial charge in [-0.15, -0.1) is 0 Å². The van der Waals surface area contributed by atoms with E-state index in [2.05, 4.69) is 6.07 Å². The fourth-order valence-corrected chi connectivity index (χ4v) is 3.44. The molecule has 0 saturated carbocycles. The number of hydrogen-bond donors (Lipinski definition) is 0. The van der Waals surface area contributed by atoms with Gasteiger partial charge in [0.15, 0.2) is 0 Å². The Kier molecular flexibility index (Phi) is 4.12. The molecule has 0 bridgehead atoms. The van der Waals surface area contributed by atoms with Gasteiger partial charge in [-0.05, 0) is 34.9 Å². The molecule has 1 spiro atoms. The fourth-order valence-electron chi connectivity index (χ4n) is 3.44. The second-order valence-corrected chi connectivity index (χ2v) is 6.38. The van der Waals surface area contributed by atoms with Crippen LogP contribution in [0, 0.1) is 0 Å². The highest BCUT2D eigenvalue weighted by atomic mass is 16.8. The molecule has 0 aromatic heterocycles. The molecule has 0 radical (unpaired) electrons. The van der Waals surface area contributed by atoms with Gasteiger partial charge in [-0.3, -0.25) is 0 Å². The number of nitrogens with zero attached hydrogens (tertiary/aromatic N) is 1. The minimum Gasteiger partial charge on any atom is -0.497 e. The second-order valence-electron chi connectivity index (χ2n) is 6.38. The summed E-state index contributed by atoms with van der Waals surface area (Å²) in [6.45, 7) is 1.29. The molecule has 0 aliphatic carbocycles. The Morgan fingerprint density at radius 2 is 1.85 bits per heavy atom. The number of methoxy groups -OCH3 is 1. The highest BCUT2D eigenvalue weighted by molar-refractivity contribution is 5.93. The maximum absolute atomic E-state index is 11.7. The van der Waals surface area contributed by atoms with Gasteiger partial charge in [0.25, 0.3) is 0 Å². The molecule has 0 atom stereocenters. The van der Waals surface area contributed by atoms with Gasteiger partial charge < -0.3 is 14.2 Å². The van der Waals surface area contributed by atoms with Crippen LogP contribution < -0.4 is 4.74 Å². The number of fused-ring (bicyclic) bond motifs is 1. The SMILES string of the molecule is COc1cc(CCN2CCC23OC(=O)C=CC(=O)O3)c2ccccc2c1. The first kappa shape index (κ1) is 16.6. The zero-order valence-corrected chi connectivity index (χ0v) is 14.4. The van der Waals surface area contributed by atoms with Crippen molar-refractivity contribution in [2.45, 2.75) is 18.8 Å². The zero-order valence-electron chi connectivity index (χ0n) is 14.4. The maximum Gasteiger partial charge on any atom is 0.335 e. The first-order valence-corrected chi connectivity index (χ1v) is 8.54. The summed E-state index contributed by atoms with van der Waals surface area (Å²) in [6, 6.07) is 12.1. The van der Waals surface area contributed by atoms with Crippen LogP contribution in [0.2, 0.25) is 0 Å². The first-order valence-electron chi connectivity index (χ1n) is 8.54. The topological polar surface area (TPSA) is 65.1 Å². The van der Waals surface area contributed by atoms with Crippen molar-refractivity contribution in [2.75, 3.05) is 20.2 Å². The molecule has 0 unspecified atom stereocenters. The molecule has 4 rings (SSSR count). The van der Waals surface area contributed by atoms with E-state index in [1.54, 1.807) is 7.11 Å². The van der Waals surface area contributed by atoms with Crippen LogP contribution in [0.15, 0.2) is 48.6 Å². The molecule has 134 valence electrons. The predicted molar refractivity (Wildman–Crippen MR) is 94.4 cm³/mol. The highest BCUT2D eigenvalue weighted by Crippen LogP contribution is 2.35.